The second-order valence-electron chi connectivity index (χ2n) is 7.01. The Morgan fingerprint density at radius 3 is 2.70 bits per heavy atom. The summed E-state index contributed by atoms with van der Waals surface area (Å²) in [6.07, 6.45) is 4.20. The van der Waals surface area contributed by atoms with Gasteiger partial charge < -0.3 is 15.2 Å². The highest BCUT2D eigenvalue weighted by Crippen LogP contribution is 2.27. The van der Waals surface area contributed by atoms with E-state index < -0.39 is 5.97 Å². The minimum Gasteiger partial charge on any atom is -0.496 e. The highest BCUT2D eigenvalue weighted by molar-refractivity contribution is 5.88. The van der Waals surface area contributed by atoms with Gasteiger partial charge in [-0.2, -0.15) is 0 Å². The Labute approximate surface area is 159 Å². The van der Waals surface area contributed by atoms with Crippen molar-refractivity contribution in [2.24, 2.45) is 5.92 Å². The Hall–Kier alpha value is -2.82. The van der Waals surface area contributed by atoms with E-state index in [-0.39, 0.29) is 11.5 Å². The lowest BCUT2D eigenvalue weighted by molar-refractivity contribution is -0.122. The molecule has 0 radical (unpaired) electrons. The van der Waals surface area contributed by atoms with E-state index in [0.29, 0.717) is 31.1 Å². The molecule has 2 aromatic rings. The molecule has 1 aliphatic carbocycles. The molecule has 0 aromatic heterocycles. The number of ether oxygens (including phenoxy) is 1. The van der Waals surface area contributed by atoms with Crippen LogP contribution < -0.4 is 10.1 Å². The third-order valence-corrected chi connectivity index (χ3v) is 5.17. The van der Waals surface area contributed by atoms with Crippen LogP contribution in [0.5, 0.6) is 5.75 Å². The topological polar surface area (TPSA) is 75.6 Å². The zero-order valence-electron chi connectivity index (χ0n) is 15.5. The van der Waals surface area contributed by atoms with E-state index in [1.165, 1.54) is 24.3 Å². The van der Waals surface area contributed by atoms with Gasteiger partial charge in [0.05, 0.1) is 12.7 Å². The van der Waals surface area contributed by atoms with Crippen molar-refractivity contribution in [2.75, 3.05) is 13.7 Å². The third kappa shape index (κ3) is 4.88. The number of rotatable bonds is 7. The van der Waals surface area contributed by atoms with Crippen molar-refractivity contribution in [3.63, 3.8) is 0 Å². The lowest BCUT2D eigenvalue weighted by Crippen LogP contribution is -2.29. The van der Waals surface area contributed by atoms with Gasteiger partial charge in [-0.25, -0.2) is 4.79 Å². The van der Waals surface area contributed by atoms with E-state index in [1.54, 1.807) is 12.1 Å². The van der Waals surface area contributed by atoms with Gasteiger partial charge in [0.1, 0.15) is 5.75 Å². The molecule has 0 fully saturated rings. The van der Waals surface area contributed by atoms with Crippen molar-refractivity contribution in [1.29, 1.82) is 0 Å². The smallest absolute Gasteiger partial charge is 0.335 e. The van der Waals surface area contributed by atoms with Crippen molar-refractivity contribution in [1.82, 2.24) is 5.32 Å². The molecule has 2 N–H and O–H groups in total. The van der Waals surface area contributed by atoms with Gasteiger partial charge in [-0.1, -0.05) is 30.3 Å². The van der Waals surface area contributed by atoms with Crippen LogP contribution in [0.2, 0.25) is 0 Å². The number of nitrogens with one attached hydrogen (secondary N) is 1. The third-order valence-electron chi connectivity index (χ3n) is 5.17. The number of carbonyl (C=O) groups is 2. The maximum Gasteiger partial charge on any atom is 0.335 e. The molecule has 0 saturated carbocycles. The number of aromatic carboxylic acids is 1. The van der Waals surface area contributed by atoms with Crippen molar-refractivity contribution in [2.45, 2.75) is 32.1 Å². The molecule has 0 heterocycles. The lowest BCUT2D eigenvalue weighted by Gasteiger charge is -2.24. The summed E-state index contributed by atoms with van der Waals surface area (Å²) in [4.78, 5) is 23.3. The van der Waals surface area contributed by atoms with Gasteiger partial charge in [0.2, 0.25) is 5.91 Å². The Balaban J connectivity index is 1.48. The summed E-state index contributed by atoms with van der Waals surface area (Å²) in [5, 5.41) is 12.0. The minimum absolute atomic E-state index is 0.0699. The Bertz CT molecular complexity index is 831. The lowest BCUT2D eigenvalue weighted by atomic mass is 9.82. The molecular formula is C22H25NO4. The molecule has 0 saturated heterocycles. The van der Waals surface area contributed by atoms with Crippen LogP contribution >= 0.6 is 0 Å². The van der Waals surface area contributed by atoms with Gasteiger partial charge in [-0.3, -0.25) is 4.79 Å². The highest BCUT2D eigenvalue weighted by atomic mass is 16.5. The van der Waals surface area contributed by atoms with E-state index in [9.17, 15) is 9.59 Å². The fourth-order valence-corrected chi connectivity index (χ4v) is 3.70. The molecule has 1 amide bonds. The summed E-state index contributed by atoms with van der Waals surface area (Å²) >= 11 is 0. The van der Waals surface area contributed by atoms with Crippen LogP contribution in [0.25, 0.3) is 0 Å². The SMILES string of the molecule is COc1cc(C(=O)O)ccc1CCNC(=O)CC1CCc2ccccc2C1. The Morgan fingerprint density at radius 1 is 1.19 bits per heavy atom. The normalized spacial score (nSPS) is 15.7. The first-order valence-electron chi connectivity index (χ1n) is 9.30. The van der Waals surface area contributed by atoms with E-state index >= 15 is 0 Å². The largest absolute Gasteiger partial charge is 0.496 e. The minimum atomic E-state index is -0.984. The molecule has 1 atom stereocenters. The zero-order chi connectivity index (χ0) is 19.2. The quantitative estimate of drug-likeness (QED) is 0.788. The van der Waals surface area contributed by atoms with Crippen LogP contribution in [0.15, 0.2) is 42.5 Å². The van der Waals surface area contributed by atoms with Gasteiger partial charge in [-0.05, 0) is 60.4 Å². The Morgan fingerprint density at radius 2 is 1.96 bits per heavy atom. The van der Waals surface area contributed by atoms with Gasteiger partial charge in [0.15, 0.2) is 0 Å². The monoisotopic (exact) mass is 367 g/mol. The number of carboxylic acids is 1. The molecule has 3 rings (SSSR count). The first-order valence-corrected chi connectivity index (χ1v) is 9.30. The van der Waals surface area contributed by atoms with Crippen LogP contribution in [0, 0.1) is 5.92 Å². The number of hydrogen-bond donors (Lipinski definition) is 2. The van der Waals surface area contributed by atoms with E-state index in [0.717, 1.165) is 24.8 Å². The predicted molar refractivity (Wildman–Crippen MR) is 103 cm³/mol. The zero-order valence-corrected chi connectivity index (χ0v) is 15.5. The number of amides is 1. The van der Waals surface area contributed by atoms with Crippen LogP contribution in [-0.4, -0.2) is 30.6 Å². The number of aryl methyl sites for hydroxylation is 1. The number of methoxy groups -OCH3 is 1. The summed E-state index contributed by atoms with van der Waals surface area (Å²) in [5.74, 6) is 0.0139. The van der Waals surface area contributed by atoms with Crippen LogP contribution in [0.3, 0.4) is 0 Å². The van der Waals surface area contributed by atoms with Crippen LogP contribution in [0.4, 0.5) is 0 Å². The van der Waals surface area contributed by atoms with Gasteiger partial charge in [0, 0.05) is 13.0 Å². The second-order valence-corrected chi connectivity index (χ2v) is 7.01. The fourth-order valence-electron chi connectivity index (χ4n) is 3.70. The fraction of sp³-hybridized carbons (Fsp3) is 0.364. The molecule has 1 unspecified atom stereocenters. The summed E-state index contributed by atoms with van der Waals surface area (Å²) < 4.78 is 5.27. The first-order chi connectivity index (χ1) is 13.1. The number of benzene rings is 2. The standard InChI is InChI=1S/C22H25NO4/c1-27-20-14-19(22(25)26)9-8-17(20)10-11-23-21(24)13-15-6-7-16-4-2-3-5-18(16)12-15/h2-5,8-9,14-15H,6-7,10-13H2,1H3,(H,23,24)(H,25,26). The molecule has 0 bridgehead atoms. The van der Waals surface area contributed by atoms with E-state index in [1.807, 2.05) is 0 Å². The molecule has 5 nitrogen and oxygen atoms in total. The summed E-state index contributed by atoms with van der Waals surface area (Å²) in [7, 11) is 1.52. The molecule has 0 spiro atoms. The number of fused-ring (bicyclic) bond motifs is 1. The predicted octanol–water partition coefficient (Wildman–Crippen LogP) is 3.25. The number of carbonyl (C=O) groups excluding carboxylic acids is 1. The van der Waals surface area contributed by atoms with Gasteiger partial charge >= 0.3 is 5.97 Å². The summed E-state index contributed by atoms with van der Waals surface area (Å²) in [6.45, 7) is 0.505. The second kappa shape index (κ2) is 8.71. The van der Waals surface area contributed by atoms with Crippen LogP contribution in [-0.2, 0) is 24.1 Å². The molecule has 2 aromatic carbocycles. The molecule has 1 aliphatic rings. The molecule has 27 heavy (non-hydrogen) atoms. The highest BCUT2D eigenvalue weighted by Gasteiger charge is 2.20. The molecule has 0 aliphatic heterocycles. The number of hydrogen-bond acceptors (Lipinski definition) is 3. The van der Waals surface area contributed by atoms with Crippen LogP contribution in [0.1, 0.15) is 39.9 Å². The number of carboxylic acid groups (broad SMARTS) is 1. The maximum atomic E-state index is 12.3. The van der Waals surface area contributed by atoms with Gasteiger partial charge in [-0.15, -0.1) is 0 Å². The van der Waals surface area contributed by atoms with Gasteiger partial charge in [0.25, 0.3) is 0 Å². The molecular weight excluding hydrogens is 342 g/mol. The van der Waals surface area contributed by atoms with E-state index in [4.69, 9.17) is 9.84 Å². The maximum absolute atomic E-state index is 12.3. The van der Waals surface area contributed by atoms with Crippen molar-refractivity contribution in [3.8, 4) is 5.75 Å². The van der Waals surface area contributed by atoms with Crippen molar-refractivity contribution in [3.05, 3.63) is 64.7 Å². The summed E-state index contributed by atoms with van der Waals surface area (Å²) in [6, 6.07) is 13.3. The Kier molecular flexibility index (Phi) is 6.12. The van der Waals surface area contributed by atoms with Crippen molar-refractivity contribution >= 4 is 11.9 Å². The van der Waals surface area contributed by atoms with E-state index in [2.05, 4.69) is 29.6 Å². The molecule has 5 heteroatoms. The first kappa shape index (κ1) is 19.0. The molecule has 142 valence electrons. The average molecular weight is 367 g/mol. The summed E-state index contributed by atoms with van der Waals surface area (Å²) in [5.41, 5.74) is 3.85. The average Bonchev–Trinajstić information content (AvgIpc) is 2.68. The van der Waals surface area contributed by atoms with Crippen molar-refractivity contribution < 1.29 is 19.4 Å².